The average molecular weight is 343 g/mol. The van der Waals surface area contributed by atoms with Crippen LogP contribution in [0.2, 0.25) is 5.02 Å². The fourth-order valence-corrected chi connectivity index (χ4v) is 5.43. The molecule has 112 valence electrons. The Hall–Kier alpha value is -0.920. The molecule has 4 nitrogen and oxygen atoms in total. The zero-order valence-electron chi connectivity index (χ0n) is 11.2. The molecule has 2 aromatic rings. The third-order valence-electron chi connectivity index (χ3n) is 3.49. The highest BCUT2D eigenvalue weighted by atomic mass is 35.5. The molecule has 7 heteroatoms. The van der Waals surface area contributed by atoms with Crippen molar-refractivity contribution in [3.8, 4) is 0 Å². The van der Waals surface area contributed by atoms with Crippen LogP contribution in [-0.2, 0) is 10.0 Å². The van der Waals surface area contributed by atoms with E-state index in [1.807, 2.05) is 18.2 Å². The maximum absolute atomic E-state index is 12.8. The third kappa shape index (κ3) is 3.00. The summed E-state index contributed by atoms with van der Waals surface area (Å²) in [6.07, 6.45) is 0. The summed E-state index contributed by atoms with van der Waals surface area (Å²) in [4.78, 5) is 0. The second-order valence-corrected chi connectivity index (χ2v) is 8.32. The zero-order chi connectivity index (χ0) is 14.9. The first-order chi connectivity index (χ1) is 10.1. The first-order valence-electron chi connectivity index (χ1n) is 6.60. The maximum Gasteiger partial charge on any atom is 0.253 e. The summed E-state index contributed by atoms with van der Waals surface area (Å²) in [7, 11) is -3.46. The molecule has 0 spiro atoms. The van der Waals surface area contributed by atoms with Crippen LogP contribution in [-0.4, -0.2) is 32.4 Å². The molecular weight excluding hydrogens is 328 g/mol. The van der Waals surface area contributed by atoms with E-state index in [1.54, 1.807) is 27.9 Å². The summed E-state index contributed by atoms with van der Waals surface area (Å²) in [6, 6.07) is 10.6. The van der Waals surface area contributed by atoms with E-state index in [0.29, 0.717) is 28.9 Å². The van der Waals surface area contributed by atoms with Crippen LogP contribution in [0.4, 0.5) is 0 Å². The summed E-state index contributed by atoms with van der Waals surface area (Å²) in [6.45, 7) is 1.70. The predicted octanol–water partition coefficient (Wildman–Crippen LogP) is 2.74. The summed E-state index contributed by atoms with van der Waals surface area (Å²) in [5.41, 5.74) is 0.912. The number of rotatable bonds is 3. The van der Waals surface area contributed by atoms with Gasteiger partial charge in [0, 0.05) is 24.7 Å². The van der Waals surface area contributed by atoms with Crippen LogP contribution in [0.3, 0.4) is 0 Å². The highest BCUT2D eigenvalue weighted by Crippen LogP contribution is 2.31. The Labute approximate surface area is 133 Å². The van der Waals surface area contributed by atoms with Crippen LogP contribution in [0.1, 0.15) is 11.6 Å². The van der Waals surface area contributed by atoms with Gasteiger partial charge in [0.1, 0.15) is 4.21 Å². The Balaban J connectivity index is 1.99. The van der Waals surface area contributed by atoms with Crippen molar-refractivity contribution in [2.75, 3.05) is 19.6 Å². The van der Waals surface area contributed by atoms with E-state index in [0.717, 1.165) is 5.56 Å². The van der Waals surface area contributed by atoms with E-state index in [1.165, 1.54) is 11.3 Å². The Morgan fingerprint density at radius 2 is 2.14 bits per heavy atom. The molecule has 0 aliphatic carbocycles. The van der Waals surface area contributed by atoms with Gasteiger partial charge in [-0.15, -0.1) is 11.3 Å². The molecule has 1 fully saturated rings. The van der Waals surface area contributed by atoms with Gasteiger partial charge in [0.2, 0.25) is 0 Å². The fourth-order valence-electron chi connectivity index (χ4n) is 2.50. The van der Waals surface area contributed by atoms with E-state index in [9.17, 15) is 8.42 Å². The number of thiophene rings is 1. The summed E-state index contributed by atoms with van der Waals surface area (Å²) < 4.78 is 27.5. The highest BCUT2D eigenvalue weighted by Gasteiger charge is 2.34. The molecule has 1 atom stereocenters. The first kappa shape index (κ1) is 15.0. The molecule has 1 saturated heterocycles. The second-order valence-electron chi connectivity index (χ2n) is 4.82. The molecule has 1 aromatic heterocycles. The van der Waals surface area contributed by atoms with Crippen LogP contribution in [0.5, 0.6) is 0 Å². The lowest BCUT2D eigenvalue weighted by Crippen LogP contribution is -2.48. The van der Waals surface area contributed by atoms with Crippen molar-refractivity contribution in [1.29, 1.82) is 0 Å². The van der Waals surface area contributed by atoms with Crippen LogP contribution in [0.15, 0.2) is 46.0 Å². The number of nitrogens with zero attached hydrogens (tertiary/aromatic N) is 1. The van der Waals surface area contributed by atoms with Crippen molar-refractivity contribution in [3.63, 3.8) is 0 Å². The average Bonchev–Trinajstić information content (AvgIpc) is 3.02. The van der Waals surface area contributed by atoms with Crippen molar-refractivity contribution in [1.82, 2.24) is 9.62 Å². The number of halogens is 1. The van der Waals surface area contributed by atoms with Gasteiger partial charge < -0.3 is 5.32 Å². The van der Waals surface area contributed by atoms with E-state index >= 15 is 0 Å². The highest BCUT2D eigenvalue weighted by molar-refractivity contribution is 7.91. The fraction of sp³-hybridized carbons (Fsp3) is 0.286. The zero-order valence-corrected chi connectivity index (χ0v) is 13.6. The Kier molecular flexibility index (Phi) is 4.33. The Morgan fingerprint density at radius 1 is 1.29 bits per heavy atom. The van der Waals surface area contributed by atoms with Crippen LogP contribution in [0, 0.1) is 0 Å². The lowest BCUT2D eigenvalue weighted by Gasteiger charge is -2.35. The van der Waals surface area contributed by atoms with Gasteiger partial charge in [0.05, 0.1) is 6.04 Å². The van der Waals surface area contributed by atoms with Gasteiger partial charge in [-0.2, -0.15) is 4.31 Å². The van der Waals surface area contributed by atoms with E-state index in [2.05, 4.69) is 5.32 Å². The molecule has 0 radical (unpaired) electrons. The lowest BCUT2D eigenvalue weighted by atomic mass is 10.1. The first-order valence-corrected chi connectivity index (χ1v) is 9.30. The normalized spacial score (nSPS) is 20.5. The van der Waals surface area contributed by atoms with Crippen molar-refractivity contribution < 1.29 is 8.42 Å². The molecule has 1 aromatic carbocycles. The second kappa shape index (κ2) is 6.06. The molecule has 0 bridgehead atoms. The smallest absolute Gasteiger partial charge is 0.253 e. The quantitative estimate of drug-likeness (QED) is 0.933. The largest absolute Gasteiger partial charge is 0.313 e. The lowest BCUT2D eigenvalue weighted by molar-refractivity contribution is 0.272. The molecule has 0 amide bonds. The number of nitrogens with one attached hydrogen (secondary N) is 1. The molecule has 1 N–H and O–H groups in total. The van der Waals surface area contributed by atoms with Gasteiger partial charge >= 0.3 is 0 Å². The third-order valence-corrected chi connectivity index (χ3v) is 7.00. The number of hydrogen-bond acceptors (Lipinski definition) is 4. The molecule has 1 aliphatic rings. The van der Waals surface area contributed by atoms with Crippen molar-refractivity contribution in [2.24, 2.45) is 0 Å². The van der Waals surface area contributed by atoms with Crippen molar-refractivity contribution in [2.45, 2.75) is 10.3 Å². The van der Waals surface area contributed by atoms with Crippen molar-refractivity contribution in [3.05, 3.63) is 52.4 Å². The van der Waals surface area contributed by atoms with E-state index in [4.69, 9.17) is 11.6 Å². The number of hydrogen-bond donors (Lipinski definition) is 1. The molecule has 3 rings (SSSR count). The van der Waals surface area contributed by atoms with E-state index < -0.39 is 10.0 Å². The van der Waals surface area contributed by atoms with Crippen molar-refractivity contribution >= 4 is 33.0 Å². The number of sulfonamides is 1. The molecule has 21 heavy (non-hydrogen) atoms. The standard InChI is InChI=1S/C14H15ClN2O2S2/c15-12-4-1-3-11(9-12)13-10-16-6-7-17(13)21(18,19)14-5-2-8-20-14/h1-5,8-9,13,16H,6-7,10H2. The van der Waals surface area contributed by atoms with Gasteiger partial charge in [-0.3, -0.25) is 0 Å². The van der Waals surface area contributed by atoms with Crippen LogP contribution >= 0.6 is 22.9 Å². The van der Waals surface area contributed by atoms with Gasteiger partial charge in [-0.05, 0) is 29.1 Å². The van der Waals surface area contributed by atoms with Gasteiger partial charge in [-0.25, -0.2) is 8.42 Å². The Bertz CT molecular complexity index is 716. The van der Waals surface area contributed by atoms with Gasteiger partial charge in [0.15, 0.2) is 0 Å². The SMILES string of the molecule is O=S(=O)(c1cccs1)N1CCNCC1c1cccc(Cl)c1. The summed E-state index contributed by atoms with van der Waals surface area (Å²) in [5, 5.41) is 5.65. The molecule has 2 heterocycles. The molecule has 1 unspecified atom stereocenters. The van der Waals surface area contributed by atoms with Crippen LogP contribution in [0.25, 0.3) is 0 Å². The number of piperazine rings is 1. The summed E-state index contributed by atoms with van der Waals surface area (Å²) >= 11 is 7.29. The minimum Gasteiger partial charge on any atom is -0.313 e. The van der Waals surface area contributed by atoms with E-state index in [-0.39, 0.29) is 6.04 Å². The Morgan fingerprint density at radius 3 is 2.86 bits per heavy atom. The van der Waals surface area contributed by atoms with Gasteiger partial charge in [-0.1, -0.05) is 29.8 Å². The summed E-state index contributed by atoms with van der Waals surface area (Å²) in [5.74, 6) is 0. The van der Waals surface area contributed by atoms with Gasteiger partial charge in [0.25, 0.3) is 10.0 Å². The topological polar surface area (TPSA) is 49.4 Å². The number of benzene rings is 1. The van der Waals surface area contributed by atoms with Crippen LogP contribution < -0.4 is 5.32 Å². The molecule has 0 saturated carbocycles. The maximum atomic E-state index is 12.8. The molecule has 1 aliphatic heterocycles. The molecular formula is C14H15ClN2O2S2. The predicted molar refractivity (Wildman–Crippen MR) is 85.3 cm³/mol. The minimum atomic E-state index is -3.46. The monoisotopic (exact) mass is 342 g/mol. The minimum absolute atomic E-state index is 0.232.